The van der Waals surface area contributed by atoms with Crippen molar-refractivity contribution in [3.63, 3.8) is 0 Å². The van der Waals surface area contributed by atoms with Gasteiger partial charge in [-0.3, -0.25) is 4.79 Å². The molecule has 1 aliphatic rings. The van der Waals surface area contributed by atoms with E-state index in [2.05, 4.69) is 34.8 Å². The van der Waals surface area contributed by atoms with Crippen molar-refractivity contribution in [2.24, 2.45) is 5.92 Å². The van der Waals surface area contributed by atoms with E-state index in [0.29, 0.717) is 12.3 Å². The molecule has 1 fully saturated rings. The lowest BCUT2D eigenvalue weighted by molar-refractivity contribution is 0.0962. The van der Waals surface area contributed by atoms with Gasteiger partial charge >= 0.3 is 0 Å². The van der Waals surface area contributed by atoms with Crippen molar-refractivity contribution >= 4 is 33.2 Å². The number of hydrogen-bond acceptors (Lipinski definition) is 6. The Morgan fingerprint density at radius 3 is 2.83 bits per heavy atom. The van der Waals surface area contributed by atoms with E-state index in [0.717, 1.165) is 67.5 Å². The van der Waals surface area contributed by atoms with Gasteiger partial charge in [0.2, 0.25) is 0 Å². The lowest BCUT2D eigenvalue weighted by Gasteiger charge is -2.32. The lowest BCUT2D eigenvalue weighted by Crippen LogP contribution is -2.44. The van der Waals surface area contributed by atoms with Crippen LogP contribution in [-0.2, 0) is 6.42 Å². The van der Waals surface area contributed by atoms with E-state index in [1.54, 1.807) is 17.5 Å². The van der Waals surface area contributed by atoms with E-state index in [1.807, 2.05) is 24.5 Å². The van der Waals surface area contributed by atoms with Gasteiger partial charge in [-0.2, -0.15) is 0 Å². The molecule has 160 valence electrons. The van der Waals surface area contributed by atoms with Gasteiger partial charge in [-0.05, 0) is 37.4 Å². The average molecular weight is 426 g/mol. The number of likely N-dealkylation sites (N-methyl/N-ethyl adjacent to an activating group) is 1. The number of hydrogen-bond donors (Lipinski definition) is 0. The van der Waals surface area contributed by atoms with E-state index in [9.17, 15) is 4.79 Å². The van der Waals surface area contributed by atoms with Crippen molar-refractivity contribution in [3.05, 3.63) is 47.2 Å². The average Bonchev–Trinajstić information content (AvgIpc) is 3.40. The number of fused-ring (bicyclic) bond motifs is 1. The number of piperazine rings is 1. The van der Waals surface area contributed by atoms with Crippen molar-refractivity contribution in [2.45, 2.75) is 39.0 Å². The molecule has 3 heterocycles. The summed E-state index contributed by atoms with van der Waals surface area (Å²) in [6, 6.07) is 8.15. The second kappa shape index (κ2) is 9.75. The van der Waals surface area contributed by atoms with Gasteiger partial charge in [-0.25, -0.2) is 4.98 Å². The molecule has 0 saturated carbocycles. The van der Waals surface area contributed by atoms with Gasteiger partial charge in [-0.1, -0.05) is 49.3 Å². The first-order valence-electron chi connectivity index (χ1n) is 11.0. The number of aromatic nitrogens is 1. The van der Waals surface area contributed by atoms with Gasteiger partial charge < -0.3 is 14.2 Å². The fourth-order valence-corrected chi connectivity index (χ4v) is 5.09. The van der Waals surface area contributed by atoms with Crippen LogP contribution in [0.5, 0.6) is 0 Å². The van der Waals surface area contributed by atoms with Crippen molar-refractivity contribution in [1.82, 2.24) is 9.88 Å². The molecule has 2 aromatic heterocycles. The molecular formula is C24H31N3O2S. The first-order valence-corrected chi connectivity index (χ1v) is 11.8. The Morgan fingerprint density at radius 1 is 1.23 bits per heavy atom. The Hall–Kier alpha value is -2.18. The maximum absolute atomic E-state index is 13.1. The molecule has 1 aliphatic heterocycles. The highest BCUT2D eigenvalue weighted by Gasteiger charge is 2.22. The third kappa shape index (κ3) is 4.93. The number of rotatable bonds is 9. The Labute approximate surface area is 182 Å². The van der Waals surface area contributed by atoms with Crippen LogP contribution in [0.2, 0.25) is 0 Å². The highest BCUT2D eigenvalue weighted by molar-refractivity contribution is 7.17. The third-order valence-electron chi connectivity index (χ3n) is 6.05. The van der Waals surface area contributed by atoms with Gasteiger partial charge in [0.15, 0.2) is 10.9 Å². The number of anilines is 1. The first kappa shape index (κ1) is 21.1. The van der Waals surface area contributed by atoms with E-state index < -0.39 is 0 Å². The number of unbranched alkanes of at least 4 members (excludes halogenated alkanes) is 1. The molecule has 4 rings (SSSR count). The number of nitrogens with zero attached hydrogens (tertiary/aromatic N) is 3. The largest absolute Gasteiger partial charge is 0.464 e. The topological polar surface area (TPSA) is 49.6 Å². The summed E-state index contributed by atoms with van der Waals surface area (Å²) >= 11 is 1.55. The first-order chi connectivity index (χ1) is 14.6. The lowest BCUT2D eigenvalue weighted by atomic mass is 9.89. The molecular weight excluding hydrogens is 394 g/mol. The van der Waals surface area contributed by atoms with Gasteiger partial charge in [0.25, 0.3) is 0 Å². The summed E-state index contributed by atoms with van der Waals surface area (Å²) < 4.78 is 5.72. The number of carbonyl (C=O) groups excluding carboxylic acids is 1. The minimum Gasteiger partial charge on any atom is -0.464 e. The SMILES string of the molecule is CCCCC(CC(=O)c1cnc(N2CCN(C)CC2)s1)Cc1coc2ccccc12. The molecule has 0 spiro atoms. The van der Waals surface area contributed by atoms with Crippen LogP contribution in [0.4, 0.5) is 5.13 Å². The molecule has 5 nitrogen and oxygen atoms in total. The summed E-state index contributed by atoms with van der Waals surface area (Å²) in [7, 11) is 2.15. The standard InChI is InChI=1S/C24H31N3O2S/c1-3-4-7-18(14-19-17-29-22-9-6-5-8-20(19)22)15-21(28)23-16-25-24(30-23)27-12-10-26(2)11-13-27/h5-6,8-9,16-18H,3-4,7,10-15H2,1-2H3. The predicted molar refractivity (Wildman–Crippen MR) is 124 cm³/mol. The minimum absolute atomic E-state index is 0.224. The Balaban J connectivity index is 1.43. The normalized spacial score (nSPS) is 16.3. The van der Waals surface area contributed by atoms with Crippen LogP contribution < -0.4 is 4.90 Å². The van der Waals surface area contributed by atoms with Crippen LogP contribution in [-0.4, -0.2) is 48.9 Å². The zero-order chi connectivity index (χ0) is 20.9. The Kier molecular flexibility index (Phi) is 6.85. The van der Waals surface area contributed by atoms with E-state index >= 15 is 0 Å². The van der Waals surface area contributed by atoms with Crippen molar-refractivity contribution < 1.29 is 9.21 Å². The molecule has 6 heteroatoms. The second-order valence-corrected chi connectivity index (χ2v) is 9.40. The number of benzene rings is 1. The number of furan rings is 1. The summed E-state index contributed by atoms with van der Waals surface area (Å²) in [6.07, 6.45) is 8.45. The number of carbonyl (C=O) groups is 1. The van der Waals surface area contributed by atoms with Crippen LogP contribution >= 0.6 is 11.3 Å². The second-order valence-electron chi connectivity index (χ2n) is 8.39. The van der Waals surface area contributed by atoms with Crippen LogP contribution in [0.15, 0.2) is 41.1 Å². The summed E-state index contributed by atoms with van der Waals surface area (Å²) in [5, 5.41) is 2.15. The zero-order valence-corrected chi connectivity index (χ0v) is 18.8. The van der Waals surface area contributed by atoms with E-state index in [4.69, 9.17) is 4.42 Å². The summed E-state index contributed by atoms with van der Waals surface area (Å²) in [4.78, 5) is 23.1. The fourth-order valence-electron chi connectivity index (χ4n) is 4.17. The highest BCUT2D eigenvalue weighted by atomic mass is 32.1. The molecule has 1 saturated heterocycles. The predicted octanol–water partition coefficient (Wildman–Crippen LogP) is 5.26. The fraction of sp³-hybridized carbons (Fsp3) is 0.500. The molecule has 0 aliphatic carbocycles. The van der Waals surface area contributed by atoms with Crippen molar-refractivity contribution in [1.29, 1.82) is 0 Å². The Morgan fingerprint density at radius 2 is 2.03 bits per heavy atom. The molecule has 0 N–H and O–H groups in total. The van der Waals surface area contributed by atoms with Crippen LogP contribution in [0.25, 0.3) is 11.0 Å². The van der Waals surface area contributed by atoms with E-state index in [1.165, 1.54) is 10.9 Å². The molecule has 1 aromatic carbocycles. The quantitative estimate of drug-likeness (QED) is 0.438. The summed E-state index contributed by atoms with van der Waals surface area (Å²) in [5.41, 5.74) is 2.13. The molecule has 1 atom stereocenters. The van der Waals surface area contributed by atoms with Gasteiger partial charge in [-0.15, -0.1) is 0 Å². The summed E-state index contributed by atoms with van der Waals surface area (Å²) in [5.74, 6) is 0.550. The van der Waals surface area contributed by atoms with E-state index in [-0.39, 0.29) is 5.78 Å². The van der Waals surface area contributed by atoms with Gasteiger partial charge in [0.05, 0.1) is 17.3 Å². The van der Waals surface area contributed by atoms with Crippen LogP contribution in [0, 0.1) is 5.92 Å². The number of Topliss-reactive ketones (excluding diaryl/α,β-unsaturated/α-hetero) is 1. The molecule has 0 bridgehead atoms. The van der Waals surface area contributed by atoms with Crippen LogP contribution in [0.1, 0.15) is 47.8 Å². The zero-order valence-electron chi connectivity index (χ0n) is 18.0. The monoisotopic (exact) mass is 425 g/mol. The van der Waals surface area contributed by atoms with Crippen molar-refractivity contribution in [2.75, 3.05) is 38.1 Å². The van der Waals surface area contributed by atoms with Gasteiger partial charge in [0, 0.05) is 38.0 Å². The maximum atomic E-state index is 13.1. The number of thiazole rings is 1. The molecule has 0 radical (unpaired) electrons. The summed E-state index contributed by atoms with van der Waals surface area (Å²) in [6.45, 7) is 6.24. The van der Waals surface area contributed by atoms with Gasteiger partial charge in [0.1, 0.15) is 5.58 Å². The minimum atomic E-state index is 0.224. The smallest absolute Gasteiger partial charge is 0.186 e. The molecule has 0 amide bonds. The molecule has 3 aromatic rings. The van der Waals surface area contributed by atoms with Crippen molar-refractivity contribution in [3.8, 4) is 0 Å². The number of ketones is 1. The molecule has 1 unspecified atom stereocenters. The Bertz CT molecular complexity index is 972. The third-order valence-corrected chi connectivity index (χ3v) is 7.15. The highest BCUT2D eigenvalue weighted by Crippen LogP contribution is 2.30. The maximum Gasteiger partial charge on any atom is 0.186 e. The van der Waals surface area contributed by atoms with Crippen LogP contribution in [0.3, 0.4) is 0 Å². The molecule has 30 heavy (non-hydrogen) atoms. The number of para-hydroxylation sites is 1.